The first-order chi connectivity index (χ1) is 9.92. The van der Waals surface area contributed by atoms with E-state index in [-0.39, 0.29) is 12.5 Å². The van der Waals surface area contributed by atoms with Gasteiger partial charge in [0.2, 0.25) is 5.72 Å². The molecule has 0 radical (unpaired) electrons. The largest absolute Gasteiger partial charge is 0.436 e. The Hall–Kier alpha value is -1.63. The van der Waals surface area contributed by atoms with Crippen LogP contribution in [-0.4, -0.2) is 34.3 Å². The fourth-order valence-corrected chi connectivity index (χ4v) is 3.14. The summed E-state index contributed by atoms with van der Waals surface area (Å²) >= 11 is 6.00. The molecule has 2 aliphatic heterocycles. The molecule has 2 fully saturated rings. The van der Waals surface area contributed by atoms with Crippen LogP contribution >= 0.6 is 11.6 Å². The first-order valence-electron chi connectivity index (χ1n) is 6.61. The zero-order valence-corrected chi connectivity index (χ0v) is 12.0. The maximum atomic E-state index is 11.7. The normalized spacial score (nSPS) is 33.1. The van der Waals surface area contributed by atoms with E-state index in [9.17, 15) is 14.7 Å². The van der Waals surface area contributed by atoms with Crippen LogP contribution in [0.1, 0.15) is 25.3 Å². The summed E-state index contributed by atoms with van der Waals surface area (Å²) in [6, 6.07) is 6.44. The highest BCUT2D eigenvalue weighted by Gasteiger charge is 2.56. The summed E-state index contributed by atoms with van der Waals surface area (Å²) in [5.74, 6) is -2.14. The summed E-state index contributed by atoms with van der Waals surface area (Å²) in [7, 11) is 0. The van der Waals surface area contributed by atoms with Gasteiger partial charge in [-0.25, -0.2) is 9.59 Å². The van der Waals surface area contributed by atoms with Gasteiger partial charge < -0.3 is 14.7 Å². The number of nitrogens with zero attached hydrogens (tertiary/aromatic N) is 1. The Morgan fingerprint density at radius 3 is 2.86 bits per heavy atom. The van der Waals surface area contributed by atoms with Gasteiger partial charge in [-0.1, -0.05) is 28.8 Å². The van der Waals surface area contributed by atoms with Gasteiger partial charge in [0.05, 0.1) is 12.1 Å². The molecule has 2 heterocycles. The third-order valence-corrected chi connectivity index (χ3v) is 4.00. The minimum absolute atomic E-state index is 0.108. The van der Waals surface area contributed by atoms with Gasteiger partial charge in [-0.15, -0.1) is 0 Å². The minimum Gasteiger partial charge on any atom is -0.428 e. The Balaban J connectivity index is 2.12. The van der Waals surface area contributed by atoms with E-state index in [2.05, 4.69) is 0 Å². The predicted molar refractivity (Wildman–Crippen MR) is 71.9 cm³/mol. The number of fused-ring (bicyclic) bond motifs is 1. The molecule has 0 amide bonds. The number of esters is 1. The standard InChI is InChI=1S/C14H14ClNO5/c1-8-5-11(17)7-14(9-3-2-4-10(15)6-9)16(8)21-13(19)12(18)20-14/h2-4,6,8,11,17H,5,7H2,1H3/t8-,11+,14-/m1/s1. The Morgan fingerprint density at radius 1 is 1.38 bits per heavy atom. The van der Waals surface area contributed by atoms with E-state index in [0.29, 0.717) is 17.0 Å². The van der Waals surface area contributed by atoms with Crippen molar-refractivity contribution in [2.45, 2.75) is 37.6 Å². The topological polar surface area (TPSA) is 76.1 Å². The van der Waals surface area contributed by atoms with Crippen molar-refractivity contribution < 1.29 is 24.3 Å². The van der Waals surface area contributed by atoms with Crippen LogP contribution < -0.4 is 0 Å². The van der Waals surface area contributed by atoms with Gasteiger partial charge in [0, 0.05) is 17.0 Å². The average molecular weight is 312 g/mol. The molecule has 2 saturated heterocycles. The van der Waals surface area contributed by atoms with Gasteiger partial charge in [-0.05, 0) is 25.5 Å². The van der Waals surface area contributed by atoms with Crippen LogP contribution in [0.25, 0.3) is 0 Å². The molecular formula is C14H14ClNO5. The van der Waals surface area contributed by atoms with Gasteiger partial charge in [-0.2, -0.15) is 0 Å². The van der Waals surface area contributed by atoms with Crippen LogP contribution in [0.4, 0.5) is 0 Å². The smallest absolute Gasteiger partial charge is 0.428 e. The zero-order chi connectivity index (χ0) is 15.2. The molecule has 0 aliphatic carbocycles. The number of ether oxygens (including phenoxy) is 1. The van der Waals surface area contributed by atoms with Crippen LogP contribution in [0.2, 0.25) is 5.02 Å². The first kappa shape index (κ1) is 14.3. The highest BCUT2D eigenvalue weighted by molar-refractivity contribution is 6.31. The Labute approximate surface area is 126 Å². The third kappa shape index (κ3) is 2.29. The molecule has 7 heteroatoms. The number of rotatable bonds is 1. The van der Waals surface area contributed by atoms with Crippen molar-refractivity contribution in [3.63, 3.8) is 0 Å². The summed E-state index contributed by atoms with van der Waals surface area (Å²) in [6.45, 7) is 1.79. The van der Waals surface area contributed by atoms with Gasteiger partial charge >= 0.3 is 11.9 Å². The SMILES string of the molecule is C[C@@H]1C[C@H](O)C[C@]2(c3cccc(Cl)c3)OC(=O)C(=O)ON12. The molecule has 1 aromatic rings. The van der Waals surface area contributed by atoms with Gasteiger partial charge in [0.15, 0.2) is 0 Å². The number of piperidine rings is 1. The lowest BCUT2D eigenvalue weighted by atomic mass is 9.87. The van der Waals surface area contributed by atoms with Crippen molar-refractivity contribution in [3.8, 4) is 0 Å². The van der Waals surface area contributed by atoms with Crippen LogP contribution in [0.15, 0.2) is 24.3 Å². The molecule has 6 nitrogen and oxygen atoms in total. The summed E-state index contributed by atoms with van der Waals surface area (Å²) < 4.78 is 5.37. The van der Waals surface area contributed by atoms with E-state index in [1.165, 1.54) is 5.06 Å². The van der Waals surface area contributed by atoms with E-state index >= 15 is 0 Å². The predicted octanol–water partition coefficient (Wildman–Crippen LogP) is 1.35. The second-order valence-electron chi connectivity index (χ2n) is 5.33. The van der Waals surface area contributed by atoms with Gasteiger partial charge in [-0.3, -0.25) is 0 Å². The van der Waals surface area contributed by atoms with Crippen LogP contribution in [-0.2, 0) is 24.9 Å². The summed E-state index contributed by atoms with van der Waals surface area (Å²) in [5.41, 5.74) is -0.783. The number of carbonyl (C=O) groups is 2. The molecular weight excluding hydrogens is 298 g/mol. The fourth-order valence-electron chi connectivity index (χ4n) is 2.95. The monoisotopic (exact) mass is 311 g/mol. The summed E-state index contributed by atoms with van der Waals surface area (Å²) in [4.78, 5) is 28.3. The molecule has 0 unspecified atom stereocenters. The van der Waals surface area contributed by atoms with Crippen LogP contribution in [0.3, 0.4) is 0 Å². The zero-order valence-electron chi connectivity index (χ0n) is 11.3. The summed E-state index contributed by atoms with van der Waals surface area (Å²) in [6.07, 6.45) is -0.163. The van der Waals surface area contributed by atoms with Crippen molar-refractivity contribution in [2.75, 3.05) is 0 Å². The van der Waals surface area contributed by atoms with Gasteiger partial charge in [0.25, 0.3) is 0 Å². The lowest BCUT2D eigenvalue weighted by Gasteiger charge is -2.50. The lowest BCUT2D eigenvalue weighted by molar-refractivity contribution is -0.346. The van der Waals surface area contributed by atoms with Crippen molar-refractivity contribution in [2.24, 2.45) is 0 Å². The molecule has 112 valence electrons. The quantitative estimate of drug-likeness (QED) is 0.623. The van der Waals surface area contributed by atoms with E-state index in [4.69, 9.17) is 21.2 Å². The van der Waals surface area contributed by atoms with Crippen molar-refractivity contribution in [1.82, 2.24) is 5.06 Å². The van der Waals surface area contributed by atoms with Crippen molar-refractivity contribution >= 4 is 23.5 Å². The Bertz CT molecular complexity index is 607. The number of hydroxylamine groups is 2. The second kappa shape index (κ2) is 4.98. The van der Waals surface area contributed by atoms with Crippen molar-refractivity contribution in [3.05, 3.63) is 34.9 Å². The van der Waals surface area contributed by atoms with E-state index in [1.807, 2.05) is 0 Å². The maximum absolute atomic E-state index is 11.7. The molecule has 0 spiro atoms. The Morgan fingerprint density at radius 2 is 2.14 bits per heavy atom. The molecule has 2 aliphatic rings. The molecule has 0 aromatic heterocycles. The van der Waals surface area contributed by atoms with E-state index in [0.717, 1.165) is 0 Å². The van der Waals surface area contributed by atoms with E-state index in [1.54, 1.807) is 31.2 Å². The summed E-state index contributed by atoms with van der Waals surface area (Å²) in [5, 5.41) is 11.9. The van der Waals surface area contributed by atoms with Crippen LogP contribution in [0, 0.1) is 0 Å². The number of hydrogen-bond donors (Lipinski definition) is 1. The number of carbonyl (C=O) groups excluding carboxylic acids is 2. The number of benzene rings is 1. The first-order valence-corrected chi connectivity index (χ1v) is 6.99. The van der Waals surface area contributed by atoms with E-state index < -0.39 is 23.8 Å². The number of aliphatic hydroxyl groups excluding tert-OH is 1. The molecule has 0 saturated carbocycles. The molecule has 0 bridgehead atoms. The average Bonchev–Trinajstić information content (AvgIpc) is 2.41. The van der Waals surface area contributed by atoms with Crippen molar-refractivity contribution in [1.29, 1.82) is 0 Å². The highest BCUT2D eigenvalue weighted by atomic mass is 35.5. The highest BCUT2D eigenvalue weighted by Crippen LogP contribution is 2.44. The molecule has 1 N–H and O–H groups in total. The molecule has 21 heavy (non-hydrogen) atoms. The Kier molecular flexibility index (Phi) is 3.39. The number of aliphatic hydroxyl groups is 1. The third-order valence-electron chi connectivity index (χ3n) is 3.77. The number of halogens is 1. The molecule has 3 rings (SSSR count). The fraction of sp³-hybridized carbons (Fsp3) is 0.429. The minimum atomic E-state index is -1.34. The molecule has 3 atom stereocenters. The lowest BCUT2D eigenvalue weighted by Crippen LogP contribution is -2.63. The number of hydrogen-bond acceptors (Lipinski definition) is 6. The maximum Gasteiger partial charge on any atom is 0.436 e. The molecule has 1 aromatic carbocycles. The van der Waals surface area contributed by atoms with Crippen LogP contribution in [0.5, 0.6) is 0 Å². The van der Waals surface area contributed by atoms with Gasteiger partial charge in [0.1, 0.15) is 0 Å². The second-order valence-corrected chi connectivity index (χ2v) is 5.77.